The predicted molar refractivity (Wildman–Crippen MR) is 91.9 cm³/mol. The molecule has 20 heavy (non-hydrogen) atoms. The van der Waals surface area contributed by atoms with Gasteiger partial charge in [-0.2, -0.15) is 0 Å². The quantitative estimate of drug-likeness (QED) is 0.492. The summed E-state index contributed by atoms with van der Waals surface area (Å²) in [5.41, 5.74) is 2.93. The van der Waals surface area contributed by atoms with Crippen molar-refractivity contribution in [3.63, 3.8) is 0 Å². The Kier molecular flexibility index (Phi) is 8.65. The molecular formula is C20H34. The molecule has 2 rings (SSSR count). The molecule has 0 aromatic heterocycles. The third kappa shape index (κ3) is 8.40. The minimum Gasteiger partial charge on any atom is -0.0882 e. The van der Waals surface area contributed by atoms with Gasteiger partial charge in [-0.1, -0.05) is 61.1 Å². The largest absolute Gasteiger partial charge is 0.0882 e. The van der Waals surface area contributed by atoms with Crippen molar-refractivity contribution in [3.8, 4) is 0 Å². The summed E-state index contributed by atoms with van der Waals surface area (Å²) >= 11 is 0. The second-order valence-electron chi connectivity index (χ2n) is 6.99. The van der Waals surface area contributed by atoms with Gasteiger partial charge in [-0.25, -0.2) is 0 Å². The maximum atomic E-state index is 2.38. The number of rotatable bonds is 4. The van der Waals surface area contributed by atoms with Gasteiger partial charge in [0.15, 0.2) is 0 Å². The molecule has 0 saturated heterocycles. The van der Waals surface area contributed by atoms with Gasteiger partial charge in [0.25, 0.3) is 0 Å². The minimum atomic E-state index is 0.912. The molecular weight excluding hydrogens is 240 g/mol. The standard InChI is InChI=1S/C10H18.C10H16/c2*1-9(2)7-8-10-5-3-4-6-10/h7,10H,3-6,8H2,1-2H3;3-4,7,10H,5-6,8H2,1-2H3. The van der Waals surface area contributed by atoms with Crippen LogP contribution in [0.25, 0.3) is 0 Å². The summed E-state index contributed by atoms with van der Waals surface area (Å²) in [6.07, 6.45) is 20.4. The monoisotopic (exact) mass is 274 g/mol. The molecule has 0 N–H and O–H groups in total. The predicted octanol–water partition coefficient (Wildman–Crippen LogP) is 6.84. The fourth-order valence-electron chi connectivity index (χ4n) is 2.92. The van der Waals surface area contributed by atoms with Crippen molar-refractivity contribution in [3.05, 3.63) is 35.5 Å². The van der Waals surface area contributed by atoms with Crippen molar-refractivity contribution in [2.45, 2.75) is 79.1 Å². The maximum Gasteiger partial charge on any atom is -0.0310 e. The molecule has 0 aliphatic heterocycles. The smallest absolute Gasteiger partial charge is 0.0310 e. The molecule has 0 spiro atoms. The van der Waals surface area contributed by atoms with Crippen LogP contribution in [0.1, 0.15) is 79.1 Å². The van der Waals surface area contributed by atoms with Crippen LogP contribution in [-0.4, -0.2) is 0 Å². The van der Waals surface area contributed by atoms with E-state index in [0.29, 0.717) is 0 Å². The Hall–Kier alpha value is -0.780. The summed E-state index contributed by atoms with van der Waals surface area (Å²) in [4.78, 5) is 0. The van der Waals surface area contributed by atoms with Crippen LogP contribution in [-0.2, 0) is 0 Å². The first kappa shape index (κ1) is 17.3. The molecule has 0 heteroatoms. The molecule has 0 amide bonds. The third-order valence-corrected chi connectivity index (χ3v) is 4.30. The van der Waals surface area contributed by atoms with Crippen molar-refractivity contribution in [2.75, 3.05) is 0 Å². The molecule has 1 fully saturated rings. The van der Waals surface area contributed by atoms with Crippen LogP contribution in [0.3, 0.4) is 0 Å². The van der Waals surface area contributed by atoms with Crippen molar-refractivity contribution >= 4 is 0 Å². The average Bonchev–Trinajstić information content (AvgIpc) is 3.08. The van der Waals surface area contributed by atoms with Crippen molar-refractivity contribution in [2.24, 2.45) is 11.8 Å². The van der Waals surface area contributed by atoms with E-state index in [-0.39, 0.29) is 0 Å². The average molecular weight is 274 g/mol. The van der Waals surface area contributed by atoms with Gasteiger partial charge in [0.2, 0.25) is 0 Å². The fraction of sp³-hybridized carbons (Fsp3) is 0.700. The van der Waals surface area contributed by atoms with E-state index in [1.165, 1.54) is 62.5 Å². The van der Waals surface area contributed by atoms with Crippen LogP contribution in [0.15, 0.2) is 35.5 Å². The van der Waals surface area contributed by atoms with Gasteiger partial charge in [-0.05, 0) is 65.2 Å². The lowest BCUT2D eigenvalue weighted by molar-refractivity contribution is 0.556. The van der Waals surface area contributed by atoms with Crippen LogP contribution in [0.2, 0.25) is 0 Å². The highest BCUT2D eigenvalue weighted by molar-refractivity contribution is 5.00. The molecule has 0 bridgehead atoms. The maximum absolute atomic E-state index is 2.38. The van der Waals surface area contributed by atoms with E-state index in [1.807, 2.05) is 0 Å². The minimum absolute atomic E-state index is 0.912. The van der Waals surface area contributed by atoms with E-state index < -0.39 is 0 Å². The second-order valence-corrected chi connectivity index (χ2v) is 6.99. The van der Waals surface area contributed by atoms with Crippen LogP contribution in [0.5, 0.6) is 0 Å². The van der Waals surface area contributed by atoms with Gasteiger partial charge in [0, 0.05) is 0 Å². The van der Waals surface area contributed by atoms with Gasteiger partial charge in [0.1, 0.15) is 0 Å². The topological polar surface area (TPSA) is 0 Å². The highest BCUT2D eigenvalue weighted by atomic mass is 14.2. The molecule has 2 aliphatic carbocycles. The molecule has 0 aromatic carbocycles. The van der Waals surface area contributed by atoms with E-state index in [4.69, 9.17) is 0 Å². The lowest BCUT2D eigenvalue weighted by atomic mass is 10.0. The summed E-state index contributed by atoms with van der Waals surface area (Å²) < 4.78 is 0. The van der Waals surface area contributed by atoms with Crippen molar-refractivity contribution in [1.29, 1.82) is 0 Å². The van der Waals surface area contributed by atoms with E-state index in [9.17, 15) is 0 Å². The third-order valence-electron chi connectivity index (χ3n) is 4.30. The zero-order valence-electron chi connectivity index (χ0n) is 14.1. The lowest BCUT2D eigenvalue weighted by Crippen LogP contribution is -1.90. The number of hydrogen-bond donors (Lipinski definition) is 0. The lowest BCUT2D eigenvalue weighted by Gasteiger charge is -2.03. The van der Waals surface area contributed by atoms with E-state index in [2.05, 4.69) is 52.0 Å². The molecule has 2 aliphatic rings. The highest BCUT2D eigenvalue weighted by Crippen LogP contribution is 2.28. The molecule has 0 aromatic rings. The summed E-state index contributed by atoms with van der Waals surface area (Å²) in [6.45, 7) is 8.72. The van der Waals surface area contributed by atoms with Crippen LogP contribution < -0.4 is 0 Å². The molecule has 0 atom stereocenters. The van der Waals surface area contributed by atoms with Crippen LogP contribution in [0, 0.1) is 11.8 Å². The summed E-state index contributed by atoms with van der Waals surface area (Å²) in [5.74, 6) is 1.93. The zero-order chi connectivity index (χ0) is 14.8. The first-order valence-corrected chi connectivity index (χ1v) is 8.49. The highest BCUT2D eigenvalue weighted by Gasteiger charge is 2.12. The number of allylic oxidation sites excluding steroid dienone is 6. The Labute approximate surface area is 127 Å². The van der Waals surface area contributed by atoms with Crippen molar-refractivity contribution < 1.29 is 0 Å². The van der Waals surface area contributed by atoms with Gasteiger partial charge >= 0.3 is 0 Å². The van der Waals surface area contributed by atoms with Gasteiger partial charge in [-0.3, -0.25) is 0 Å². The van der Waals surface area contributed by atoms with Gasteiger partial charge in [0.05, 0.1) is 0 Å². The Morgan fingerprint density at radius 3 is 1.70 bits per heavy atom. The Balaban J connectivity index is 0.000000200. The van der Waals surface area contributed by atoms with Crippen LogP contribution >= 0.6 is 0 Å². The van der Waals surface area contributed by atoms with Gasteiger partial charge in [-0.15, -0.1) is 0 Å². The molecule has 114 valence electrons. The number of hydrogen-bond acceptors (Lipinski definition) is 0. The summed E-state index contributed by atoms with van der Waals surface area (Å²) in [5, 5.41) is 0. The van der Waals surface area contributed by atoms with E-state index in [1.54, 1.807) is 0 Å². The first-order chi connectivity index (χ1) is 9.58. The molecule has 0 nitrogen and oxygen atoms in total. The van der Waals surface area contributed by atoms with E-state index in [0.717, 1.165) is 11.8 Å². The first-order valence-electron chi connectivity index (χ1n) is 8.49. The fourth-order valence-corrected chi connectivity index (χ4v) is 2.92. The molecule has 1 saturated carbocycles. The van der Waals surface area contributed by atoms with Crippen LogP contribution in [0.4, 0.5) is 0 Å². The molecule has 0 unspecified atom stereocenters. The Morgan fingerprint density at radius 1 is 0.800 bits per heavy atom. The summed E-state index contributed by atoms with van der Waals surface area (Å²) in [7, 11) is 0. The summed E-state index contributed by atoms with van der Waals surface area (Å²) in [6, 6.07) is 0. The zero-order valence-corrected chi connectivity index (χ0v) is 14.1. The molecule has 0 heterocycles. The van der Waals surface area contributed by atoms with Crippen molar-refractivity contribution in [1.82, 2.24) is 0 Å². The van der Waals surface area contributed by atoms with E-state index >= 15 is 0 Å². The Bertz CT molecular complexity index is 303. The second kappa shape index (κ2) is 10.0. The normalized spacial score (nSPS) is 18.6. The Morgan fingerprint density at radius 2 is 1.25 bits per heavy atom. The molecule has 0 radical (unpaired) electrons. The SMILES string of the molecule is CC(C)=CCC1CC=CC1.CC(C)=CCC1CCCC1. The van der Waals surface area contributed by atoms with Gasteiger partial charge < -0.3 is 0 Å².